The average Bonchev–Trinajstić information content (AvgIpc) is 2.94. The fourth-order valence-electron chi connectivity index (χ4n) is 2.41. The van der Waals surface area contributed by atoms with Gasteiger partial charge in [-0.25, -0.2) is 0 Å². The van der Waals surface area contributed by atoms with E-state index in [1.54, 1.807) is 22.7 Å². The van der Waals surface area contributed by atoms with Crippen LogP contribution in [0.25, 0.3) is 6.08 Å². The Hall–Kier alpha value is -2.02. The van der Waals surface area contributed by atoms with Gasteiger partial charge in [0, 0.05) is 4.90 Å². The molecule has 0 radical (unpaired) electrons. The van der Waals surface area contributed by atoms with Gasteiger partial charge in [0.25, 0.3) is 5.91 Å². The Bertz CT molecular complexity index is 875. The monoisotopic (exact) mass is 399 g/mol. The summed E-state index contributed by atoms with van der Waals surface area (Å²) >= 11 is 8.39. The van der Waals surface area contributed by atoms with Crippen LogP contribution in [0.1, 0.15) is 5.56 Å². The molecule has 3 nitrogen and oxygen atoms in total. The Morgan fingerprint density at radius 1 is 1.27 bits per heavy atom. The second kappa shape index (κ2) is 8.58. The fourth-order valence-corrected chi connectivity index (χ4v) is 4.16. The lowest BCUT2D eigenvalue weighted by molar-refractivity contribution is -0.113. The third-order valence-electron chi connectivity index (χ3n) is 3.65. The Morgan fingerprint density at radius 3 is 2.73 bits per heavy atom. The van der Waals surface area contributed by atoms with Crippen LogP contribution in [0.2, 0.25) is 0 Å². The van der Waals surface area contributed by atoms with E-state index in [-0.39, 0.29) is 5.91 Å². The Labute approximate surface area is 167 Å². The van der Waals surface area contributed by atoms with Gasteiger partial charge in [0.15, 0.2) is 4.32 Å². The van der Waals surface area contributed by atoms with E-state index < -0.39 is 0 Å². The van der Waals surface area contributed by atoms with Crippen LogP contribution < -0.4 is 9.64 Å². The van der Waals surface area contributed by atoms with Crippen molar-refractivity contribution in [3.05, 3.63) is 71.7 Å². The molecule has 1 aliphatic heterocycles. The number of hydrogen-bond donors (Lipinski definition) is 0. The molecule has 0 unspecified atom stereocenters. The average molecular weight is 400 g/mol. The van der Waals surface area contributed by atoms with Crippen molar-refractivity contribution in [1.82, 2.24) is 0 Å². The zero-order chi connectivity index (χ0) is 18.5. The van der Waals surface area contributed by atoms with Crippen LogP contribution in [0, 0.1) is 0 Å². The van der Waals surface area contributed by atoms with Gasteiger partial charge in [-0.3, -0.25) is 9.69 Å². The largest absolute Gasteiger partial charge is 0.490 e. The number of thiocarbonyl (C=S) groups is 1. The first kappa shape index (κ1) is 18.8. The minimum Gasteiger partial charge on any atom is -0.490 e. The van der Waals surface area contributed by atoms with Crippen molar-refractivity contribution in [2.45, 2.75) is 4.90 Å². The van der Waals surface area contributed by atoms with E-state index in [1.807, 2.05) is 60.9 Å². The summed E-state index contributed by atoms with van der Waals surface area (Å²) in [5.41, 5.74) is 1.73. The lowest BCUT2D eigenvalue weighted by atomic mass is 10.2. The normalized spacial score (nSPS) is 15.6. The second-order valence-corrected chi connectivity index (χ2v) is 7.94. The summed E-state index contributed by atoms with van der Waals surface area (Å²) < 4.78 is 6.02. The highest BCUT2D eigenvalue weighted by Gasteiger charge is 2.33. The molecule has 0 spiro atoms. The lowest BCUT2D eigenvalue weighted by Crippen LogP contribution is -2.27. The minimum atomic E-state index is -0.0924. The molecule has 1 fully saturated rings. The predicted molar refractivity (Wildman–Crippen MR) is 116 cm³/mol. The van der Waals surface area contributed by atoms with Gasteiger partial charge >= 0.3 is 0 Å². The fraction of sp³-hybridized carbons (Fsp3) is 0.100. The Morgan fingerprint density at radius 2 is 2.04 bits per heavy atom. The summed E-state index contributed by atoms with van der Waals surface area (Å²) in [7, 11) is 0. The first-order chi connectivity index (χ1) is 12.6. The molecule has 0 aliphatic carbocycles. The quantitative estimate of drug-likeness (QED) is 0.282. The molecule has 3 rings (SSSR count). The molecular weight excluding hydrogens is 382 g/mol. The molecule has 6 heteroatoms. The molecule has 0 N–H and O–H groups in total. The zero-order valence-electron chi connectivity index (χ0n) is 14.2. The van der Waals surface area contributed by atoms with Gasteiger partial charge in [0.1, 0.15) is 12.4 Å². The van der Waals surface area contributed by atoms with Crippen molar-refractivity contribution in [3.8, 4) is 5.75 Å². The number of nitrogens with zero attached hydrogens (tertiary/aromatic N) is 1. The van der Waals surface area contributed by atoms with E-state index in [0.29, 0.717) is 15.8 Å². The highest BCUT2D eigenvalue weighted by Crippen LogP contribution is 2.37. The number of benzene rings is 2. The number of carbonyl (C=O) groups is 1. The molecular formula is C20H17NO2S3. The number of amides is 1. The topological polar surface area (TPSA) is 29.5 Å². The standard InChI is InChI=1S/C20H17NO2S3/c1-3-11-23-16-9-7-14(8-10-16)12-18-19(22)21(20(24)26-18)15-5-4-6-17(13-15)25-2/h3-10,12-13H,1,11H2,2H3/b18-12+. The number of ether oxygens (including phenoxy) is 1. The van der Waals surface area contributed by atoms with E-state index in [2.05, 4.69) is 6.58 Å². The van der Waals surface area contributed by atoms with Gasteiger partial charge in [-0.15, -0.1) is 11.8 Å². The van der Waals surface area contributed by atoms with E-state index in [0.717, 1.165) is 21.9 Å². The van der Waals surface area contributed by atoms with Crippen LogP contribution in [-0.2, 0) is 4.79 Å². The van der Waals surface area contributed by atoms with Crippen molar-refractivity contribution in [2.75, 3.05) is 17.8 Å². The molecule has 0 atom stereocenters. The summed E-state index contributed by atoms with van der Waals surface area (Å²) in [5.74, 6) is 0.675. The molecule has 1 aliphatic rings. The predicted octanol–water partition coefficient (Wildman–Crippen LogP) is 5.38. The smallest absolute Gasteiger partial charge is 0.270 e. The Kier molecular flexibility index (Phi) is 6.19. The summed E-state index contributed by atoms with van der Waals surface area (Å²) in [6.07, 6.45) is 5.56. The maximum atomic E-state index is 12.8. The molecule has 0 aromatic heterocycles. The maximum absolute atomic E-state index is 12.8. The molecule has 2 aromatic carbocycles. The molecule has 26 heavy (non-hydrogen) atoms. The van der Waals surface area contributed by atoms with Gasteiger partial charge in [0.05, 0.1) is 10.6 Å². The number of thioether (sulfide) groups is 2. The first-order valence-corrected chi connectivity index (χ1v) is 10.3. The van der Waals surface area contributed by atoms with Gasteiger partial charge in [-0.05, 0) is 48.2 Å². The number of rotatable bonds is 6. The van der Waals surface area contributed by atoms with Crippen molar-refractivity contribution >= 4 is 57.7 Å². The SMILES string of the molecule is C=CCOc1ccc(/C=C2/SC(=S)N(c3cccc(SC)c3)C2=O)cc1. The maximum Gasteiger partial charge on any atom is 0.270 e. The molecule has 2 aromatic rings. The van der Waals surface area contributed by atoms with E-state index in [1.165, 1.54) is 11.8 Å². The van der Waals surface area contributed by atoms with Crippen molar-refractivity contribution in [3.63, 3.8) is 0 Å². The van der Waals surface area contributed by atoms with Crippen molar-refractivity contribution in [1.29, 1.82) is 0 Å². The summed E-state index contributed by atoms with van der Waals surface area (Å²) in [4.78, 5) is 16.1. The molecule has 0 bridgehead atoms. The minimum absolute atomic E-state index is 0.0924. The van der Waals surface area contributed by atoms with Gasteiger partial charge in [-0.2, -0.15) is 0 Å². The van der Waals surface area contributed by atoms with Crippen LogP contribution in [0.5, 0.6) is 5.75 Å². The number of hydrogen-bond acceptors (Lipinski definition) is 5. The summed E-state index contributed by atoms with van der Waals surface area (Å²) in [6, 6.07) is 15.4. The van der Waals surface area contributed by atoms with Crippen LogP contribution in [-0.4, -0.2) is 23.1 Å². The highest BCUT2D eigenvalue weighted by atomic mass is 32.2. The van der Waals surface area contributed by atoms with E-state index in [9.17, 15) is 4.79 Å². The third kappa shape index (κ3) is 4.20. The number of carbonyl (C=O) groups excluding carboxylic acids is 1. The molecule has 132 valence electrons. The molecule has 0 saturated carbocycles. The van der Waals surface area contributed by atoms with Crippen molar-refractivity contribution < 1.29 is 9.53 Å². The van der Waals surface area contributed by atoms with E-state index in [4.69, 9.17) is 17.0 Å². The first-order valence-electron chi connectivity index (χ1n) is 7.88. The number of anilines is 1. The molecule has 1 heterocycles. The summed E-state index contributed by atoms with van der Waals surface area (Å²) in [5, 5.41) is 0. The lowest BCUT2D eigenvalue weighted by Gasteiger charge is -2.15. The summed E-state index contributed by atoms with van der Waals surface area (Å²) in [6.45, 7) is 4.09. The molecule has 1 saturated heterocycles. The second-order valence-electron chi connectivity index (χ2n) is 5.39. The zero-order valence-corrected chi connectivity index (χ0v) is 16.6. The Balaban J connectivity index is 1.81. The van der Waals surface area contributed by atoms with Crippen LogP contribution in [0.3, 0.4) is 0 Å². The van der Waals surface area contributed by atoms with Crippen LogP contribution in [0.4, 0.5) is 5.69 Å². The van der Waals surface area contributed by atoms with Crippen LogP contribution in [0.15, 0.2) is 71.0 Å². The van der Waals surface area contributed by atoms with E-state index >= 15 is 0 Å². The molecule has 1 amide bonds. The third-order valence-corrected chi connectivity index (χ3v) is 5.68. The van der Waals surface area contributed by atoms with Crippen LogP contribution >= 0.6 is 35.7 Å². The van der Waals surface area contributed by atoms with Gasteiger partial charge < -0.3 is 4.74 Å². The van der Waals surface area contributed by atoms with Gasteiger partial charge in [-0.1, -0.05) is 54.8 Å². The highest BCUT2D eigenvalue weighted by molar-refractivity contribution is 8.27. The van der Waals surface area contributed by atoms with Gasteiger partial charge in [0.2, 0.25) is 0 Å². The van der Waals surface area contributed by atoms with Crippen molar-refractivity contribution in [2.24, 2.45) is 0 Å².